The second kappa shape index (κ2) is 6.66. The molecule has 1 unspecified atom stereocenters. The molecule has 1 atom stereocenters. The lowest BCUT2D eigenvalue weighted by atomic mass is 9.98. The largest absolute Gasteiger partial charge is 0.383 e. The van der Waals surface area contributed by atoms with Crippen LogP contribution in [0, 0.1) is 13.8 Å². The molecule has 18 heavy (non-hydrogen) atoms. The average molecular weight is 249 g/mol. The van der Waals surface area contributed by atoms with Crippen LogP contribution in [0.2, 0.25) is 0 Å². The standard InChI is InChI=1S/C15H23NO2/c1-11-6-7-12(2)14(10-11)15(17)13(3)16(4)8-9-18-5/h6-7,10,13H,8-9H2,1-5H3. The lowest BCUT2D eigenvalue weighted by Gasteiger charge is -2.23. The summed E-state index contributed by atoms with van der Waals surface area (Å²) in [6.07, 6.45) is 0. The van der Waals surface area contributed by atoms with Gasteiger partial charge in [0.05, 0.1) is 12.6 Å². The summed E-state index contributed by atoms with van der Waals surface area (Å²) in [7, 11) is 3.62. The monoisotopic (exact) mass is 249 g/mol. The van der Waals surface area contributed by atoms with Gasteiger partial charge >= 0.3 is 0 Å². The highest BCUT2D eigenvalue weighted by Crippen LogP contribution is 2.14. The lowest BCUT2D eigenvalue weighted by molar-refractivity contribution is 0.0826. The lowest BCUT2D eigenvalue weighted by Crippen LogP contribution is -2.38. The van der Waals surface area contributed by atoms with Crippen molar-refractivity contribution in [1.29, 1.82) is 0 Å². The Morgan fingerprint density at radius 1 is 1.39 bits per heavy atom. The predicted octanol–water partition coefficient (Wildman–Crippen LogP) is 2.45. The molecule has 0 saturated heterocycles. The zero-order valence-corrected chi connectivity index (χ0v) is 12.0. The van der Waals surface area contributed by atoms with Gasteiger partial charge in [0.25, 0.3) is 0 Å². The van der Waals surface area contributed by atoms with Crippen molar-refractivity contribution in [2.75, 3.05) is 27.3 Å². The number of carbonyl (C=O) groups is 1. The number of methoxy groups -OCH3 is 1. The first-order valence-corrected chi connectivity index (χ1v) is 6.28. The van der Waals surface area contributed by atoms with Crippen LogP contribution < -0.4 is 0 Å². The maximum absolute atomic E-state index is 12.4. The Hall–Kier alpha value is -1.19. The minimum absolute atomic E-state index is 0.124. The van der Waals surface area contributed by atoms with Crippen molar-refractivity contribution in [1.82, 2.24) is 4.90 Å². The Balaban J connectivity index is 2.82. The Labute approximate surface area is 110 Å². The number of ketones is 1. The van der Waals surface area contributed by atoms with Crippen LogP contribution in [0.25, 0.3) is 0 Å². The second-order valence-corrected chi connectivity index (χ2v) is 4.83. The Kier molecular flexibility index (Phi) is 5.51. The molecule has 0 heterocycles. The minimum atomic E-state index is -0.124. The van der Waals surface area contributed by atoms with Gasteiger partial charge in [-0.1, -0.05) is 17.7 Å². The van der Waals surface area contributed by atoms with Crippen LogP contribution in [0.15, 0.2) is 18.2 Å². The van der Waals surface area contributed by atoms with E-state index in [2.05, 4.69) is 0 Å². The molecule has 0 N–H and O–H groups in total. The molecule has 1 aromatic rings. The maximum Gasteiger partial charge on any atom is 0.179 e. The summed E-state index contributed by atoms with van der Waals surface area (Å²) in [5.74, 6) is 0.176. The summed E-state index contributed by atoms with van der Waals surface area (Å²) >= 11 is 0. The molecule has 3 nitrogen and oxygen atoms in total. The first-order chi connectivity index (χ1) is 8.47. The molecule has 0 spiro atoms. The number of hydrogen-bond donors (Lipinski definition) is 0. The van der Waals surface area contributed by atoms with Crippen LogP contribution in [-0.2, 0) is 4.74 Å². The van der Waals surface area contributed by atoms with E-state index < -0.39 is 0 Å². The van der Waals surface area contributed by atoms with Crippen molar-refractivity contribution >= 4 is 5.78 Å². The van der Waals surface area contributed by atoms with Crippen LogP contribution in [0.3, 0.4) is 0 Å². The predicted molar refractivity (Wildman–Crippen MR) is 74.2 cm³/mol. The van der Waals surface area contributed by atoms with Gasteiger partial charge in [-0.05, 0) is 39.4 Å². The van der Waals surface area contributed by atoms with Crippen LogP contribution in [-0.4, -0.2) is 44.0 Å². The van der Waals surface area contributed by atoms with E-state index in [1.54, 1.807) is 7.11 Å². The molecule has 100 valence electrons. The zero-order valence-electron chi connectivity index (χ0n) is 12.0. The molecule has 1 rings (SSSR count). The molecule has 0 radical (unpaired) electrons. The smallest absolute Gasteiger partial charge is 0.179 e. The summed E-state index contributed by atoms with van der Waals surface area (Å²) in [6, 6.07) is 5.88. The highest BCUT2D eigenvalue weighted by molar-refractivity contribution is 6.01. The van der Waals surface area contributed by atoms with Gasteiger partial charge in [-0.2, -0.15) is 0 Å². The molecule has 0 amide bonds. The Morgan fingerprint density at radius 3 is 2.67 bits per heavy atom. The fraction of sp³-hybridized carbons (Fsp3) is 0.533. The fourth-order valence-electron chi connectivity index (χ4n) is 1.86. The SMILES string of the molecule is COCCN(C)C(C)C(=O)c1cc(C)ccc1C. The summed E-state index contributed by atoms with van der Waals surface area (Å²) in [5, 5.41) is 0. The van der Waals surface area contributed by atoms with Crippen molar-refractivity contribution < 1.29 is 9.53 Å². The molecule has 0 fully saturated rings. The van der Waals surface area contributed by atoms with E-state index in [1.165, 1.54) is 0 Å². The van der Waals surface area contributed by atoms with Crippen LogP contribution in [0.1, 0.15) is 28.4 Å². The molecule has 1 aromatic carbocycles. The third-order valence-corrected chi connectivity index (χ3v) is 3.35. The van der Waals surface area contributed by atoms with E-state index in [0.717, 1.165) is 23.2 Å². The molecule has 0 aliphatic rings. The summed E-state index contributed by atoms with van der Waals surface area (Å²) in [4.78, 5) is 14.5. The van der Waals surface area contributed by atoms with Crippen LogP contribution in [0.5, 0.6) is 0 Å². The molecule has 0 aromatic heterocycles. The second-order valence-electron chi connectivity index (χ2n) is 4.83. The van der Waals surface area contributed by atoms with E-state index in [1.807, 2.05) is 50.9 Å². The Morgan fingerprint density at radius 2 is 2.06 bits per heavy atom. The number of nitrogens with zero attached hydrogens (tertiary/aromatic N) is 1. The first-order valence-electron chi connectivity index (χ1n) is 6.28. The molecular formula is C15H23NO2. The van der Waals surface area contributed by atoms with E-state index in [0.29, 0.717) is 6.61 Å². The third-order valence-electron chi connectivity index (χ3n) is 3.35. The summed E-state index contributed by atoms with van der Waals surface area (Å²) in [5.41, 5.74) is 2.99. The van der Waals surface area contributed by atoms with E-state index >= 15 is 0 Å². The number of aryl methyl sites for hydroxylation is 2. The fourth-order valence-corrected chi connectivity index (χ4v) is 1.86. The molecular weight excluding hydrogens is 226 g/mol. The average Bonchev–Trinajstić information content (AvgIpc) is 2.37. The quantitative estimate of drug-likeness (QED) is 0.725. The van der Waals surface area contributed by atoms with Crippen LogP contribution >= 0.6 is 0 Å². The number of ether oxygens (including phenoxy) is 1. The van der Waals surface area contributed by atoms with Gasteiger partial charge in [-0.25, -0.2) is 0 Å². The zero-order chi connectivity index (χ0) is 13.7. The number of rotatable bonds is 6. The van der Waals surface area contributed by atoms with Gasteiger partial charge in [0.1, 0.15) is 0 Å². The van der Waals surface area contributed by atoms with Crippen molar-refractivity contribution in [2.45, 2.75) is 26.8 Å². The van der Waals surface area contributed by atoms with Crippen molar-refractivity contribution in [3.05, 3.63) is 34.9 Å². The number of hydrogen-bond acceptors (Lipinski definition) is 3. The summed E-state index contributed by atoms with van der Waals surface area (Å²) < 4.78 is 5.04. The number of carbonyl (C=O) groups excluding carboxylic acids is 1. The Bertz CT molecular complexity index is 415. The molecule has 0 bridgehead atoms. The van der Waals surface area contributed by atoms with E-state index in [4.69, 9.17) is 4.74 Å². The van der Waals surface area contributed by atoms with Crippen LogP contribution in [0.4, 0.5) is 0 Å². The maximum atomic E-state index is 12.4. The van der Waals surface area contributed by atoms with E-state index in [-0.39, 0.29) is 11.8 Å². The van der Waals surface area contributed by atoms with Gasteiger partial charge in [0, 0.05) is 19.2 Å². The van der Waals surface area contributed by atoms with Gasteiger partial charge in [0.2, 0.25) is 0 Å². The van der Waals surface area contributed by atoms with Gasteiger partial charge in [-0.3, -0.25) is 9.69 Å². The van der Waals surface area contributed by atoms with Crippen molar-refractivity contribution in [3.63, 3.8) is 0 Å². The molecule has 3 heteroatoms. The molecule has 0 saturated carbocycles. The van der Waals surface area contributed by atoms with E-state index in [9.17, 15) is 4.79 Å². The minimum Gasteiger partial charge on any atom is -0.383 e. The summed E-state index contributed by atoms with van der Waals surface area (Å²) in [6.45, 7) is 7.33. The topological polar surface area (TPSA) is 29.5 Å². The first kappa shape index (κ1) is 14.9. The molecule has 0 aliphatic carbocycles. The van der Waals surface area contributed by atoms with Gasteiger partial charge in [0.15, 0.2) is 5.78 Å². The van der Waals surface area contributed by atoms with Crippen molar-refractivity contribution in [2.24, 2.45) is 0 Å². The normalized spacial score (nSPS) is 12.8. The number of benzene rings is 1. The number of likely N-dealkylation sites (N-methyl/N-ethyl adjacent to an activating group) is 1. The molecule has 0 aliphatic heterocycles. The van der Waals surface area contributed by atoms with Gasteiger partial charge < -0.3 is 4.74 Å². The highest BCUT2D eigenvalue weighted by Gasteiger charge is 2.20. The highest BCUT2D eigenvalue weighted by atomic mass is 16.5. The van der Waals surface area contributed by atoms with Crippen molar-refractivity contribution in [3.8, 4) is 0 Å². The third kappa shape index (κ3) is 3.65. The van der Waals surface area contributed by atoms with Gasteiger partial charge in [-0.15, -0.1) is 0 Å². The number of Topliss-reactive ketones (excluding diaryl/α,β-unsaturated/α-hetero) is 1.